The number of rotatable bonds is 1. The number of ether oxygens (including phenoxy) is 1. The van der Waals surface area contributed by atoms with E-state index in [-0.39, 0.29) is 5.78 Å². The second kappa shape index (κ2) is 6.31. The van der Waals surface area contributed by atoms with Gasteiger partial charge >= 0.3 is 0 Å². The number of ketones is 1. The van der Waals surface area contributed by atoms with Gasteiger partial charge in [0.1, 0.15) is 11.4 Å². The Morgan fingerprint density at radius 2 is 1.96 bits per heavy atom. The van der Waals surface area contributed by atoms with E-state index >= 15 is 0 Å². The number of nitrogens with zero attached hydrogens (tertiary/aromatic N) is 2. The van der Waals surface area contributed by atoms with Crippen molar-refractivity contribution in [3.8, 4) is 22.9 Å². The topological polar surface area (TPSA) is 63.0 Å². The fraction of sp³-hybridized carbons (Fsp3) is 0.208. The molecule has 1 atom stereocenters. The number of Topliss-reactive ketones (excluding diaryl/α,β-unsaturated/α-hetero) is 1. The highest BCUT2D eigenvalue weighted by Crippen LogP contribution is 2.46. The van der Waals surface area contributed by atoms with Gasteiger partial charge in [-0.15, -0.1) is 0 Å². The van der Waals surface area contributed by atoms with Gasteiger partial charge in [0.15, 0.2) is 5.78 Å². The lowest BCUT2D eigenvalue weighted by Crippen LogP contribution is -2.42. The van der Waals surface area contributed by atoms with E-state index in [9.17, 15) is 4.79 Å². The average Bonchev–Trinajstić information content (AvgIpc) is 2.74. The normalized spacial score (nSPS) is 20.0. The summed E-state index contributed by atoms with van der Waals surface area (Å²) in [7, 11) is 0. The number of fused-ring (bicyclic) bond motifs is 3. The van der Waals surface area contributed by atoms with Gasteiger partial charge in [-0.2, -0.15) is 5.26 Å². The molecule has 4 nitrogen and oxygen atoms in total. The third-order valence-electron chi connectivity index (χ3n) is 5.73. The van der Waals surface area contributed by atoms with Gasteiger partial charge in [0.2, 0.25) is 0 Å². The number of carbonyl (C=O) groups is 1. The molecule has 3 aromatic rings. The summed E-state index contributed by atoms with van der Waals surface area (Å²) in [6.45, 7) is 0. The Labute approximate surface area is 163 Å². The molecule has 0 radical (unpaired) electrons. The molecule has 2 aromatic carbocycles. The molecule has 0 bridgehead atoms. The number of benzene rings is 2. The summed E-state index contributed by atoms with van der Waals surface area (Å²) in [5, 5.41) is 9.13. The first-order valence-corrected chi connectivity index (χ1v) is 9.50. The predicted molar refractivity (Wildman–Crippen MR) is 105 cm³/mol. The van der Waals surface area contributed by atoms with Crippen molar-refractivity contribution in [1.82, 2.24) is 4.98 Å². The SMILES string of the molecule is N#Cc1cccc(-c2ccc3c(c2)C(=O)CC2(CCCc4ncccc42)O3)c1. The Morgan fingerprint density at radius 3 is 2.86 bits per heavy atom. The molecule has 5 rings (SSSR count). The molecule has 0 saturated heterocycles. The summed E-state index contributed by atoms with van der Waals surface area (Å²) in [5.41, 5.74) is 4.52. The number of hydrogen-bond acceptors (Lipinski definition) is 4. The quantitative estimate of drug-likeness (QED) is 0.619. The summed E-state index contributed by atoms with van der Waals surface area (Å²) in [6.07, 6.45) is 4.85. The van der Waals surface area contributed by atoms with Crippen molar-refractivity contribution in [3.63, 3.8) is 0 Å². The van der Waals surface area contributed by atoms with E-state index in [4.69, 9.17) is 10.00 Å². The minimum absolute atomic E-state index is 0.0937. The van der Waals surface area contributed by atoms with Crippen molar-refractivity contribution in [3.05, 3.63) is 83.2 Å². The van der Waals surface area contributed by atoms with Gasteiger partial charge in [0.05, 0.1) is 23.6 Å². The van der Waals surface area contributed by atoms with E-state index in [0.717, 1.165) is 41.6 Å². The first kappa shape index (κ1) is 16.7. The number of hydrogen-bond donors (Lipinski definition) is 0. The van der Waals surface area contributed by atoms with Crippen molar-refractivity contribution in [1.29, 1.82) is 5.26 Å². The van der Waals surface area contributed by atoms with Crippen LogP contribution in [-0.4, -0.2) is 10.8 Å². The maximum absolute atomic E-state index is 13.1. The molecule has 4 heteroatoms. The molecule has 136 valence electrons. The molecule has 2 heterocycles. The Balaban J connectivity index is 1.56. The molecule has 0 saturated carbocycles. The lowest BCUT2D eigenvalue weighted by atomic mass is 9.75. The zero-order chi connectivity index (χ0) is 19.1. The fourth-order valence-electron chi connectivity index (χ4n) is 4.40. The van der Waals surface area contributed by atoms with Crippen LogP contribution in [0.4, 0.5) is 0 Å². The van der Waals surface area contributed by atoms with Crippen molar-refractivity contribution in [2.45, 2.75) is 31.3 Å². The molecule has 0 fully saturated rings. The summed E-state index contributed by atoms with van der Waals surface area (Å²) in [4.78, 5) is 17.6. The van der Waals surface area contributed by atoms with E-state index < -0.39 is 5.60 Å². The van der Waals surface area contributed by atoms with Gasteiger partial charge in [-0.25, -0.2) is 0 Å². The van der Waals surface area contributed by atoms with E-state index in [2.05, 4.69) is 11.1 Å². The monoisotopic (exact) mass is 366 g/mol. The van der Waals surface area contributed by atoms with Gasteiger partial charge in [0, 0.05) is 17.5 Å². The fourth-order valence-corrected chi connectivity index (χ4v) is 4.40. The molecule has 1 spiro atoms. The van der Waals surface area contributed by atoms with Crippen molar-refractivity contribution < 1.29 is 9.53 Å². The second-order valence-electron chi connectivity index (χ2n) is 7.45. The zero-order valence-electron chi connectivity index (χ0n) is 15.3. The third-order valence-corrected chi connectivity index (χ3v) is 5.73. The van der Waals surface area contributed by atoms with Gasteiger partial charge in [-0.3, -0.25) is 9.78 Å². The molecule has 0 N–H and O–H groups in total. The largest absolute Gasteiger partial charge is 0.481 e. The molecule has 0 amide bonds. The first-order valence-electron chi connectivity index (χ1n) is 9.50. The van der Waals surface area contributed by atoms with Crippen LogP contribution in [0.5, 0.6) is 5.75 Å². The Kier molecular flexibility index (Phi) is 3.77. The third kappa shape index (κ3) is 2.59. The van der Waals surface area contributed by atoms with Crippen LogP contribution >= 0.6 is 0 Å². The molecule has 1 aromatic heterocycles. The predicted octanol–water partition coefficient (Wildman–Crippen LogP) is 4.82. The van der Waals surface area contributed by atoms with Crippen LogP contribution in [0.2, 0.25) is 0 Å². The minimum atomic E-state index is -0.603. The zero-order valence-corrected chi connectivity index (χ0v) is 15.3. The Hall–Kier alpha value is -3.45. The van der Waals surface area contributed by atoms with Crippen molar-refractivity contribution >= 4 is 5.78 Å². The van der Waals surface area contributed by atoms with Crippen LogP contribution in [0.1, 0.15) is 46.4 Å². The van der Waals surface area contributed by atoms with Gasteiger partial charge in [-0.05, 0) is 60.7 Å². The number of pyridine rings is 1. The molecule has 1 unspecified atom stereocenters. The van der Waals surface area contributed by atoms with Gasteiger partial charge in [-0.1, -0.05) is 24.3 Å². The summed E-state index contributed by atoms with van der Waals surface area (Å²) in [6, 6.07) is 19.2. The number of nitriles is 1. The second-order valence-corrected chi connectivity index (χ2v) is 7.45. The standard InChI is InChI=1S/C24H18N2O2/c25-15-16-4-1-5-17(12-16)18-8-9-23-19(13-18)22(27)14-24(28-23)10-2-7-21-20(24)6-3-11-26-21/h1,3-6,8-9,11-13H,2,7,10,14H2. The van der Waals surface area contributed by atoms with Crippen LogP contribution in [0.15, 0.2) is 60.8 Å². The molecule has 2 aliphatic rings. The highest BCUT2D eigenvalue weighted by molar-refractivity contribution is 6.01. The van der Waals surface area contributed by atoms with Crippen LogP contribution in [0, 0.1) is 11.3 Å². The molecule has 1 aliphatic heterocycles. The number of aryl methyl sites for hydroxylation is 1. The summed E-state index contributed by atoms with van der Waals surface area (Å²) in [5.74, 6) is 0.726. The van der Waals surface area contributed by atoms with E-state index in [1.165, 1.54) is 0 Å². The number of aromatic nitrogens is 1. The summed E-state index contributed by atoms with van der Waals surface area (Å²) < 4.78 is 6.48. The maximum atomic E-state index is 13.1. The van der Waals surface area contributed by atoms with Crippen LogP contribution in [0.25, 0.3) is 11.1 Å². The molecular formula is C24H18N2O2. The van der Waals surface area contributed by atoms with Gasteiger partial charge in [0.25, 0.3) is 0 Å². The summed E-state index contributed by atoms with van der Waals surface area (Å²) >= 11 is 0. The highest BCUT2D eigenvalue weighted by Gasteiger charge is 2.45. The highest BCUT2D eigenvalue weighted by atomic mass is 16.5. The van der Waals surface area contributed by atoms with Crippen molar-refractivity contribution in [2.24, 2.45) is 0 Å². The number of carbonyl (C=O) groups excluding carboxylic acids is 1. The van der Waals surface area contributed by atoms with Crippen LogP contribution in [0.3, 0.4) is 0 Å². The minimum Gasteiger partial charge on any atom is -0.481 e. The van der Waals surface area contributed by atoms with E-state index in [1.54, 1.807) is 12.3 Å². The van der Waals surface area contributed by atoms with Crippen LogP contribution < -0.4 is 4.74 Å². The first-order chi connectivity index (χ1) is 13.7. The lowest BCUT2D eigenvalue weighted by molar-refractivity contribution is 0.0247. The van der Waals surface area contributed by atoms with E-state index in [0.29, 0.717) is 23.3 Å². The maximum Gasteiger partial charge on any atom is 0.170 e. The average molecular weight is 366 g/mol. The van der Waals surface area contributed by atoms with Crippen molar-refractivity contribution in [2.75, 3.05) is 0 Å². The lowest BCUT2D eigenvalue weighted by Gasteiger charge is -2.41. The Morgan fingerprint density at radius 1 is 1.07 bits per heavy atom. The molecular weight excluding hydrogens is 348 g/mol. The molecule has 28 heavy (non-hydrogen) atoms. The Bertz CT molecular complexity index is 1150. The molecule has 1 aliphatic carbocycles. The van der Waals surface area contributed by atoms with Gasteiger partial charge < -0.3 is 4.74 Å². The van der Waals surface area contributed by atoms with Crippen LogP contribution in [-0.2, 0) is 12.0 Å². The van der Waals surface area contributed by atoms with E-state index in [1.807, 2.05) is 48.5 Å². The smallest absolute Gasteiger partial charge is 0.170 e.